The van der Waals surface area contributed by atoms with Gasteiger partial charge in [-0.25, -0.2) is 9.37 Å². The molecule has 0 saturated carbocycles. The van der Waals surface area contributed by atoms with Crippen LogP contribution in [0.1, 0.15) is 11.3 Å². The van der Waals surface area contributed by atoms with Crippen molar-refractivity contribution in [3.63, 3.8) is 0 Å². The van der Waals surface area contributed by atoms with Gasteiger partial charge in [-0.3, -0.25) is 4.79 Å². The molecule has 0 N–H and O–H groups in total. The summed E-state index contributed by atoms with van der Waals surface area (Å²) in [5.74, 6) is -1.82. The summed E-state index contributed by atoms with van der Waals surface area (Å²) < 4.78 is 62.5. The first-order valence-electron chi connectivity index (χ1n) is 5.26. The average molecular weight is 297 g/mol. The SMILES string of the molecule is COC(=O)Cc1nc(OC)cc(OC(F)(F)F)c1CF. The Bertz CT molecular complexity index is 490. The lowest BCUT2D eigenvalue weighted by molar-refractivity contribution is -0.275. The number of alkyl halides is 4. The maximum atomic E-state index is 12.9. The molecule has 0 unspecified atom stereocenters. The van der Waals surface area contributed by atoms with Crippen molar-refractivity contribution in [1.82, 2.24) is 4.98 Å². The van der Waals surface area contributed by atoms with Crippen LogP contribution < -0.4 is 9.47 Å². The summed E-state index contributed by atoms with van der Waals surface area (Å²) in [6.45, 7) is -1.28. The Kier molecular flexibility index (Phi) is 5.12. The number of esters is 1. The minimum Gasteiger partial charge on any atom is -0.481 e. The van der Waals surface area contributed by atoms with E-state index in [0.29, 0.717) is 0 Å². The van der Waals surface area contributed by atoms with E-state index in [2.05, 4.69) is 14.5 Å². The van der Waals surface area contributed by atoms with Gasteiger partial charge in [-0.15, -0.1) is 13.2 Å². The Morgan fingerprint density at radius 3 is 2.45 bits per heavy atom. The van der Waals surface area contributed by atoms with E-state index in [9.17, 15) is 22.4 Å². The Balaban J connectivity index is 3.27. The molecule has 0 spiro atoms. The van der Waals surface area contributed by atoms with Crippen LogP contribution in [0.3, 0.4) is 0 Å². The van der Waals surface area contributed by atoms with Crippen LogP contribution in [0.2, 0.25) is 0 Å². The van der Waals surface area contributed by atoms with E-state index >= 15 is 0 Å². The maximum absolute atomic E-state index is 12.9. The van der Waals surface area contributed by atoms with Gasteiger partial charge >= 0.3 is 12.3 Å². The first-order chi connectivity index (χ1) is 9.30. The van der Waals surface area contributed by atoms with Gasteiger partial charge in [-0.2, -0.15) is 0 Å². The lowest BCUT2D eigenvalue weighted by Crippen LogP contribution is -2.19. The number of hydrogen-bond donors (Lipinski definition) is 0. The van der Waals surface area contributed by atoms with Gasteiger partial charge in [0.15, 0.2) is 0 Å². The molecule has 0 aromatic carbocycles. The normalized spacial score (nSPS) is 11.1. The molecular weight excluding hydrogens is 286 g/mol. The summed E-state index contributed by atoms with van der Waals surface area (Å²) in [4.78, 5) is 14.9. The lowest BCUT2D eigenvalue weighted by atomic mass is 10.1. The lowest BCUT2D eigenvalue weighted by Gasteiger charge is -2.15. The molecule has 0 amide bonds. The third-order valence-electron chi connectivity index (χ3n) is 2.25. The fraction of sp³-hybridized carbons (Fsp3) is 0.455. The van der Waals surface area contributed by atoms with Crippen molar-refractivity contribution in [2.75, 3.05) is 14.2 Å². The van der Waals surface area contributed by atoms with Crippen LogP contribution in [-0.4, -0.2) is 31.5 Å². The molecule has 5 nitrogen and oxygen atoms in total. The topological polar surface area (TPSA) is 57.7 Å². The van der Waals surface area contributed by atoms with Gasteiger partial charge in [-0.1, -0.05) is 0 Å². The second-order valence-corrected chi connectivity index (χ2v) is 3.52. The number of hydrogen-bond acceptors (Lipinski definition) is 5. The Morgan fingerprint density at radius 1 is 1.35 bits per heavy atom. The number of ether oxygens (including phenoxy) is 3. The first-order valence-corrected chi connectivity index (χ1v) is 5.26. The maximum Gasteiger partial charge on any atom is 0.573 e. The van der Waals surface area contributed by atoms with Gasteiger partial charge in [-0.05, 0) is 0 Å². The van der Waals surface area contributed by atoms with Crippen molar-refractivity contribution in [3.8, 4) is 11.6 Å². The van der Waals surface area contributed by atoms with Gasteiger partial charge in [0.1, 0.15) is 12.4 Å². The molecule has 0 fully saturated rings. The fourth-order valence-corrected chi connectivity index (χ4v) is 1.39. The van der Waals surface area contributed by atoms with E-state index in [1.807, 2.05) is 0 Å². The minimum atomic E-state index is -5.00. The number of carbonyl (C=O) groups excluding carboxylic acids is 1. The van der Waals surface area contributed by atoms with Crippen LogP contribution in [0.25, 0.3) is 0 Å². The van der Waals surface area contributed by atoms with E-state index in [1.54, 1.807) is 0 Å². The van der Waals surface area contributed by atoms with Crippen LogP contribution in [0.4, 0.5) is 17.6 Å². The highest BCUT2D eigenvalue weighted by atomic mass is 19.4. The van der Waals surface area contributed by atoms with Crippen LogP contribution in [0.15, 0.2) is 6.07 Å². The number of halogens is 4. The molecule has 1 heterocycles. The summed E-state index contributed by atoms with van der Waals surface area (Å²) in [5.41, 5.74) is -0.716. The van der Waals surface area contributed by atoms with Gasteiger partial charge in [0.2, 0.25) is 5.88 Å². The van der Waals surface area contributed by atoms with Crippen molar-refractivity contribution >= 4 is 5.97 Å². The molecule has 1 aromatic heterocycles. The van der Waals surface area contributed by atoms with Gasteiger partial charge in [0.25, 0.3) is 0 Å². The molecule has 0 radical (unpaired) electrons. The highest BCUT2D eigenvalue weighted by Crippen LogP contribution is 2.32. The van der Waals surface area contributed by atoms with Gasteiger partial charge < -0.3 is 14.2 Å². The van der Waals surface area contributed by atoms with Crippen LogP contribution in [-0.2, 0) is 22.6 Å². The first kappa shape index (κ1) is 16.0. The Morgan fingerprint density at radius 2 is 2.00 bits per heavy atom. The molecule has 1 rings (SSSR count). The smallest absolute Gasteiger partial charge is 0.481 e. The highest BCUT2D eigenvalue weighted by molar-refractivity contribution is 5.72. The van der Waals surface area contributed by atoms with E-state index in [-0.39, 0.29) is 11.6 Å². The number of rotatable bonds is 5. The third kappa shape index (κ3) is 4.25. The standard InChI is InChI=1S/C11H11F4NO4/c1-18-9-4-8(20-11(13,14)15)6(5-12)7(16-9)3-10(17)19-2/h4H,3,5H2,1-2H3. The Labute approximate surface area is 111 Å². The number of methoxy groups -OCH3 is 2. The zero-order valence-electron chi connectivity index (χ0n) is 10.6. The van der Waals surface area contributed by atoms with E-state index < -0.39 is 36.7 Å². The molecule has 0 aliphatic rings. The molecular formula is C11H11F4NO4. The van der Waals surface area contributed by atoms with Crippen LogP contribution in [0, 0.1) is 0 Å². The fourth-order valence-electron chi connectivity index (χ4n) is 1.39. The predicted octanol–water partition coefficient (Wildman–Crippen LogP) is 2.17. The van der Waals surface area contributed by atoms with Crippen LogP contribution in [0.5, 0.6) is 11.6 Å². The van der Waals surface area contributed by atoms with Gasteiger partial charge in [0, 0.05) is 11.6 Å². The number of carbonyl (C=O) groups is 1. The zero-order valence-corrected chi connectivity index (χ0v) is 10.6. The summed E-state index contributed by atoms with van der Waals surface area (Å²) in [5, 5.41) is 0. The van der Waals surface area contributed by atoms with Crippen molar-refractivity contribution in [1.29, 1.82) is 0 Å². The van der Waals surface area contributed by atoms with E-state index in [0.717, 1.165) is 20.3 Å². The molecule has 20 heavy (non-hydrogen) atoms. The second kappa shape index (κ2) is 6.40. The predicted molar refractivity (Wildman–Crippen MR) is 58.0 cm³/mol. The molecule has 0 aliphatic heterocycles. The van der Waals surface area contributed by atoms with Crippen molar-refractivity contribution in [3.05, 3.63) is 17.3 Å². The third-order valence-corrected chi connectivity index (χ3v) is 2.25. The summed E-state index contributed by atoms with van der Waals surface area (Å²) in [7, 11) is 2.25. The molecule has 0 saturated heterocycles. The average Bonchev–Trinajstić information content (AvgIpc) is 2.36. The number of nitrogens with zero attached hydrogens (tertiary/aromatic N) is 1. The monoisotopic (exact) mass is 297 g/mol. The quantitative estimate of drug-likeness (QED) is 0.616. The zero-order chi connectivity index (χ0) is 15.3. The van der Waals surface area contributed by atoms with Crippen molar-refractivity contribution < 1.29 is 36.6 Å². The molecule has 0 bridgehead atoms. The molecule has 0 aliphatic carbocycles. The molecule has 0 atom stereocenters. The van der Waals surface area contributed by atoms with Crippen LogP contribution >= 0.6 is 0 Å². The largest absolute Gasteiger partial charge is 0.573 e. The minimum absolute atomic E-state index is 0.236. The van der Waals surface area contributed by atoms with Crippen molar-refractivity contribution in [2.45, 2.75) is 19.5 Å². The highest BCUT2D eigenvalue weighted by Gasteiger charge is 2.33. The summed E-state index contributed by atoms with van der Waals surface area (Å²) in [6.07, 6.45) is -5.50. The van der Waals surface area contributed by atoms with E-state index in [1.165, 1.54) is 0 Å². The number of aromatic nitrogens is 1. The summed E-state index contributed by atoms with van der Waals surface area (Å²) in [6, 6.07) is 0.795. The van der Waals surface area contributed by atoms with Crippen molar-refractivity contribution in [2.24, 2.45) is 0 Å². The number of pyridine rings is 1. The molecule has 9 heteroatoms. The summed E-state index contributed by atoms with van der Waals surface area (Å²) >= 11 is 0. The van der Waals surface area contributed by atoms with E-state index in [4.69, 9.17) is 4.74 Å². The van der Waals surface area contributed by atoms with Gasteiger partial charge in [0.05, 0.1) is 26.3 Å². The second-order valence-electron chi connectivity index (χ2n) is 3.52. The Hall–Kier alpha value is -2.06. The molecule has 1 aromatic rings. The molecule has 112 valence electrons.